The van der Waals surface area contributed by atoms with Gasteiger partial charge in [-0.2, -0.15) is 0 Å². The number of nitrogens with one attached hydrogen (secondary N) is 2. The molecule has 1 aliphatic rings. The number of hydrogen-bond acceptors (Lipinski definition) is 4. The maximum Gasteiger partial charge on any atom is 0.306 e. The Morgan fingerprint density at radius 1 is 0.962 bits per heavy atom. The van der Waals surface area contributed by atoms with Gasteiger partial charge in [0, 0.05) is 11.5 Å². The van der Waals surface area contributed by atoms with Crippen LogP contribution in [0.2, 0.25) is 0 Å². The first-order valence-electron chi connectivity index (χ1n) is 8.39. The van der Waals surface area contributed by atoms with E-state index in [0.717, 1.165) is 0 Å². The predicted octanol–water partition coefficient (Wildman–Crippen LogP) is 2.77. The lowest BCUT2D eigenvalue weighted by molar-refractivity contribution is -0.141. The average Bonchev–Trinajstić information content (AvgIpc) is 3.15. The van der Waals surface area contributed by atoms with Crippen LogP contribution >= 0.6 is 0 Å². The van der Waals surface area contributed by atoms with Gasteiger partial charge in [0.25, 0.3) is 5.91 Å². The van der Waals surface area contributed by atoms with Gasteiger partial charge in [0.05, 0.1) is 17.8 Å². The minimum absolute atomic E-state index is 0.198. The first-order valence-corrected chi connectivity index (χ1v) is 8.39. The zero-order chi connectivity index (χ0) is 18.5. The van der Waals surface area contributed by atoms with Crippen molar-refractivity contribution in [1.29, 1.82) is 0 Å². The van der Waals surface area contributed by atoms with Crippen LogP contribution in [0.5, 0.6) is 0 Å². The number of carboxylic acid groups (broad SMARTS) is 1. The molecule has 1 saturated carbocycles. The van der Waals surface area contributed by atoms with Crippen molar-refractivity contribution in [3.63, 3.8) is 0 Å². The molecule has 2 amide bonds. The molecule has 1 aromatic carbocycles. The van der Waals surface area contributed by atoms with Crippen LogP contribution in [0.25, 0.3) is 0 Å². The second-order valence-corrected chi connectivity index (χ2v) is 6.29. The van der Waals surface area contributed by atoms with Crippen molar-refractivity contribution in [2.45, 2.75) is 19.3 Å². The Labute approximate surface area is 150 Å². The van der Waals surface area contributed by atoms with Gasteiger partial charge in [-0.3, -0.25) is 14.4 Å². The molecule has 3 rings (SSSR count). The Bertz CT molecular complexity index is 805. The highest BCUT2D eigenvalue weighted by atomic mass is 16.4. The quantitative estimate of drug-likeness (QED) is 0.766. The fourth-order valence-corrected chi connectivity index (χ4v) is 3.01. The molecule has 0 spiro atoms. The number of amides is 2. The number of carboxylic acids is 1. The molecule has 1 heterocycles. The van der Waals surface area contributed by atoms with Crippen LogP contribution in [0.4, 0.5) is 11.5 Å². The molecule has 1 aliphatic carbocycles. The number of hydrogen-bond donors (Lipinski definition) is 3. The van der Waals surface area contributed by atoms with Gasteiger partial charge in [-0.1, -0.05) is 18.2 Å². The number of carbonyl (C=O) groups excluding carboxylic acids is 2. The minimum Gasteiger partial charge on any atom is -0.481 e. The highest BCUT2D eigenvalue weighted by molar-refractivity contribution is 6.03. The normalized spacial score (nSPS) is 18.9. The summed E-state index contributed by atoms with van der Waals surface area (Å²) < 4.78 is 0. The monoisotopic (exact) mass is 353 g/mol. The van der Waals surface area contributed by atoms with Gasteiger partial charge in [0.15, 0.2) is 0 Å². The van der Waals surface area contributed by atoms with Crippen LogP contribution in [-0.2, 0) is 9.59 Å². The molecule has 0 aliphatic heterocycles. The highest BCUT2D eigenvalue weighted by Gasteiger charge is 2.33. The maximum atomic E-state index is 12.2. The van der Waals surface area contributed by atoms with Crippen molar-refractivity contribution in [3.8, 4) is 0 Å². The Hall–Kier alpha value is -3.22. The lowest BCUT2D eigenvalue weighted by Gasteiger charge is -2.11. The van der Waals surface area contributed by atoms with E-state index < -0.39 is 11.9 Å². The lowest BCUT2D eigenvalue weighted by Crippen LogP contribution is -2.21. The predicted molar refractivity (Wildman–Crippen MR) is 95.7 cm³/mol. The van der Waals surface area contributed by atoms with Crippen LogP contribution in [0.1, 0.15) is 29.6 Å². The molecule has 2 aromatic rings. The zero-order valence-corrected chi connectivity index (χ0v) is 14.0. The molecule has 7 nitrogen and oxygen atoms in total. The van der Waals surface area contributed by atoms with Gasteiger partial charge >= 0.3 is 5.97 Å². The molecule has 7 heteroatoms. The van der Waals surface area contributed by atoms with Crippen LogP contribution in [-0.4, -0.2) is 27.9 Å². The molecule has 26 heavy (non-hydrogen) atoms. The molecule has 134 valence electrons. The highest BCUT2D eigenvalue weighted by Crippen LogP contribution is 2.31. The third-order valence-electron chi connectivity index (χ3n) is 4.46. The SMILES string of the molecule is O=C(Nc1ccc(NC(=O)[C@H]2CC[C@@H](C(=O)O)C2)cn1)c1ccccc1. The summed E-state index contributed by atoms with van der Waals surface area (Å²) in [6, 6.07) is 12.0. The number of carbonyl (C=O) groups is 3. The van der Waals surface area contributed by atoms with Gasteiger partial charge in [0.2, 0.25) is 5.91 Å². The third kappa shape index (κ3) is 4.24. The fourth-order valence-electron chi connectivity index (χ4n) is 3.01. The van der Waals surface area contributed by atoms with E-state index in [1.807, 2.05) is 6.07 Å². The van der Waals surface area contributed by atoms with E-state index in [4.69, 9.17) is 5.11 Å². The Morgan fingerprint density at radius 3 is 2.31 bits per heavy atom. The standard InChI is InChI=1S/C19H19N3O4/c23-17(12-4-2-1-3-5-12)22-16-9-8-15(11-20-16)21-18(24)13-6-7-14(10-13)19(25)26/h1-5,8-9,11,13-14H,6-7,10H2,(H,21,24)(H,25,26)(H,20,22,23)/t13-,14+/m0/s1. The fraction of sp³-hybridized carbons (Fsp3) is 0.263. The van der Waals surface area contributed by atoms with E-state index >= 15 is 0 Å². The van der Waals surface area contributed by atoms with E-state index in [9.17, 15) is 14.4 Å². The smallest absolute Gasteiger partial charge is 0.306 e. The van der Waals surface area contributed by atoms with E-state index in [0.29, 0.717) is 36.3 Å². The third-order valence-corrected chi connectivity index (χ3v) is 4.46. The van der Waals surface area contributed by atoms with Gasteiger partial charge in [-0.25, -0.2) is 4.98 Å². The second-order valence-electron chi connectivity index (χ2n) is 6.29. The van der Waals surface area contributed by atoms with Crippen molar-refractivity contribution < 1.29 is 19.5 Å². The largest absolute Gasteiger partial charge is 0.481 e. The number of pyridine rings is 1. The summed E-state index contributed by atoms with van der Waals surface area (Å²) in [7, 11) is 0. The summed E-state index contributed by atoms with van der Waals surface area (Å²) in [6.45, 7) is 0. The zero-order valence-electron chi connectivity index (χ0n) is 14.0. The van der Waals surface area contributed by atoms with Crippen LogP contribution in [0.15, 0.2) is 48.7 Å². The topological polar surface area (TPSA) is 108 Å². The Balaban J connectivity index is 1.55. The molecule has 1 aromatic heterocycles. The van der Waals surface area contributed by atoms with Crippen molar-refractivity contribution in [3.05, 3.63) is 54.2 Å². The van der Waals surface area contributed by atoms with E-state index in [1.165, 1.54) is 6.20 Å². The lowest BCUT2D eigenvalue weighted by atomic mass is 10.0. The van der Waals surface area contributed by atoms with Crippen LogP contribution < -0.4 is 10.6 Å². The summed E-state index contributed by atoms with van der Waals surface area (Å²) in [5.41, 5.74) is 1.03. The number of anilines is 2. The van der Waals surface area contributed by atoms with Crippen molar-refractivity contribution >= 4 is 29.3 Å². The summed E-state index contributed by atoms with van der Waals surface area (Å²) in [5.74, 6) is -1.67. The summed E-state index contributed by atoms with van der Waals surface area (Å²) in [5, 5.41) is 14.4. The van der Waals surface area contributed by atoms with Gasteiger partial charge in [-0.15, -0.1) is 0 Å². The maximum absolute atomic E-state index is 12.2. The first-order chi connectivity index (χ1) is 12.5. The molecular formula is C19H19N3O4. The van der Waals surface area contributed by atoms with E-state index in [-0.39, 0.29) is 17.7 Å². The van der Waals surface area contributed by atoms with Crippen LogP contribution in [0.3, 0.4) is 0 Å². The Morgan fingerprint density at radius 2 is 1.69 bits per heavy atom. The van der Waals surface area contributed by atoms with Crippen molar-refractivity contribution in [1.82, 2.24) is 4.98 Å². The molecule has 0 unspecified atom stereocenters. The van der Waals surface area contributed by atoms with Gasteiger partial charge in [0.1, 0.15) is 5.82 Å². The average molecular weight is 353 g/mol. The summed E-state index contributed by atoms with van der Waals surface area (Å²) in [4.78, 5) is 39.4. The number of rotatable bonds is 5. The van der Waals surface area contributed by atoms with Gasteiger partial charge in [-0.05, 0) is 43.5 Å². The minimum atomic E-state index is -0.847. The number of aliphatic carboxylic acids is 1. The van der Waals surface area contributed by atoms with Crippen molar-refractivity contribution in [2.75, 3.05) is 10.6 Å². The molecule has 0 bridgehead atoms. The van der Waals surface area contributed by atoms with Crippen LogP contribution in [0, 0.1) is 11.8 Å². The molecule has 2 atom stereocenters. The molecule has 0 saturated heterocycles. The second kappa shape index (κ2) is 7.77. The molecule has 0 radical (unpaired) electrons. The van der Waals surface area contributed by atoms with Gasteiger partial charge < -0.3 is 15.7 Å². The van der Waals surface area contributed by atoms with E-state index in [1.54, 1.807) is 36.4 Å². The van der Waals surface area contributed by atoms with Crippen molar-refractivity contribution in [2.24, 2.45) is 11.8 Å². The number of aromatic nitrogens is 1. The molecule has 3 N–H and O–H groups in total. The summed E-state index contributed by atoms with van der Waals surface area (Å²) >= 11 is 0. The summed E-state index contributed by atoms with van der Waals surface area (Å²) in [6.07, 6.45) is 2.92. The number of nitrogens with zero attached hydrogens (tertiary/aromatic N) is 1. The van der Waals surface area contributed by atoms with E-state index in [2.05, 4.69) is 15.6 Å². The molecule has 1 fully saturated rings. The number of benzene rings is 1. The first kappa shape index (κ1) is 17.6. The molecular weight excluding hydrogens is 334 g/mol. The Kier molecular flexibility index (Phi) is 5.26.